The highest BCUT2D eigenvalue weighted by molar-refractivity contribution is 7.15. The van der Waals surface area contributed by atoms with E-state index in [0.29, 0.717) is 24.0 Å². The van der Waals surface area contributed by atoms with Crippen molar-refractivity contribution in [1.82, 2.24) is 10.3 Å². The molecule has 0 aliphatic carbocycles. The normalized spacial score (nSPS) is 10.7. The van der Waals surface area contributed by atoms with Crippen LogP contribution in [0.5, 0.6) is 0 Å². The third-order valence-corrected chi connectivity index (χ3v) is 3.15. The number of hydrogen-bond donors (Lipinski definition) is 2. The second-order valence-electron chi connectivity index (χ2n) is 3.62. The van der Waals surface area contributed by atoms with Gasteiger partial charge in [-0.05, 0) is 13.0 Å². The molecule has 2 N–H and O–H groups in total. The summed E-state index contributed by atoms with van der Waals surface area (Å²) in [5.74, 6) is 0.472. The molecular weight excluding hydrogens is 210 g/mol. The van der Waals surface area contributed by atoms with Gasteiger partial charge in [-0.3, -0.25) is 4.79 Å². The number of rotatable bonds is 5. The van der Waals surface area contributed by atoms with Gasteiger partial charge in [0, 0.05) is 24.0 Å². The molecule has 0 spiro atoms. The fourth-order valence-corrected chi connectivity index (χ4v) is 1.87. The Labute approximate surface area is 94.1 Å². The predicted octanol–water partition coefficient (Wildman–Crippen LogP) is 1.81. The van der Waals surface area contributed by atoms with E-state index >= 15 is 0 Å². The van der Waals surface area contributed by atoms with E-state index in [1.807, 2.05) is 13.2 Å². The number of amides is 1. The largest absolute Gasteiger partial charge is 0.319 e. The molecule has 1 rings (SSSR count). The number of carbonyl (C=O) groups is 1. The van der Waals surface area contributed by atoms with Gasteiger partial charge in [-0.1, -0.05) is 13.8 Å². The van der Waals surface area contributed by atoms with Gasteiger partial charge in [0.2, 0.25) is 5.91 Å². The maximum Gasteiger partial charge on any atom is 0.227 e. The van der Waals surface area contributed by atoms with Crippen molar-refractivity contribution in [2.75, 3.05) is 18.9 Å². The van der Waals surface area contributed by atoms with Crippen LogP contribution in [0.2, 0.25) is 0 Å². The summed E-state index contributed by atoms with van der Waals surface area (Å²) < 4.78 is 0. The maximum atomic E-state index is 11.4. The van der Waals surface area contributed by atoms with E-state index in [-0.39, 0.29) is 5.91 Å². The van der Waals surface area contributed by atoms with E-state index in [1.54, 1.807) is 0 Å². The van der Waals surface area contributed by atoms with Gasteiger partial charge < -0.3 is 10.6 Å². The minimum atomic E-state index is 0.00834. The van der Waals surface area contributed by atoms with Gasteiger partial charge in [0.15, 0.2) is 5.13 Å². The third kappa shape index (κ3) is 3.97. The minimum absolute atomic E-state index is 0.00834. The zero-order chi connectivity index (χ0) is 11.3. The number of carbonyl (C=O) groups excluding carboxylic acids is 1. The molecule has 5 heteroatoms. The van der Waals surface area contributed by atoms with Crippen molar-refractivity contribution < 1.29 is 4.79 Å². The molecule has 1 aromatic heterocycles. The standard InChI is InChI=1S/C10H17N3OS/c1-7(2)8-6-12-10(15-8)13-9(14)4-5-11-3/h6-7,11H,4-5H2,1-3H3,(H,12,13,14). The lowest BCUT2D eigenvalue weighted by molar-refractivity contribution is -0.116. The summed E-state index contributed by atoms with van der Waals surface area (Å²) in [6, 6.07) is 0. The monoisotopic (exact) mass is 227 g/mol. The molecule has 0 aromatic carbocycles. The number of nitrogens with zero attached hydrogens (tertiary/aromatic N) is 1. The second-order valence-corrected chi connectivity index (χ2v) is 4.69. The van der Waals surface area contributed by atoms with Crippen LogP contribution in [-0.2, 0) is 4.79 Å². The van der Waals surface area contributed by atoms with Crippen molar-refractivity contribution in [3.8, 4) is 0 Å². The Bertz CT molecular complexity index is 322. The van der Waals surface area contributed by atoms with Crippen molar-refractivity contribution in [2.24, 2.45) is 0 Å². The topological polar surface area (TPSA) is 54.0 Å². The summed E-state index contributed by atoms with van der Waals surface area (Å²) in [7, 11) is 1.83. The summed E-state index contributed by atoms with van der Waals surface area (Å²) in [5, 5.41) is 6.40. The third-order valence-electron chi connectivity index (χ3n) is 1.94. The second kappa shape index (κ2) is 5.82. The first kappa shape index (κ1) is 12.1. The Morgan fingerprint density at radius 2 is 2.33 bits per heavy atom. The summed E-state index contributed by atoms with van der Waals surface area (Å²) in [6.07, 6.45) is 2.30. The van der Waals surface area contributed by atoms with E-state index in [1.165, 1.54) is 16.2 Å². The first-order valence-electron chi connectivity index (χ1n) is 5.03. The van der Waals surface area contributed by atoms with Gasteiger partial charge >= 0.3 is 0 Å². The molecule has 0 saturated heterocycles. The average Bonchev–Trinajstić information content (AvgIpc) is 2.63. The van der Waals surface area contributed by atoms with Gasteiger partial charge in [-0.25, -0.2) is 4.98 Å². The van der Waals surface area contributed by atoms with Crippen LogP contribution in [0.1, 0.15) is 31.1 Å². The minimum Gasteiger partial charge on any atom is -0.319 e. The molecule has 0 aliphatic heterocycles. The highest BCUT2D eigenvalue weighted by Gasteiger charge is 2.07. The van der Waals surface area contributed by atoms with Crippen LogP contribution in [-0.4, -0.2) is 24.5 Å². The number of hydrogen-bond acceptors (Lipinski definition) is 4. The molecule has 1 heterocycles. The summed E-state index contributed by atoms with van der Waals surface area (Å²) in [5.41, 5.74) is 0. The zero-order valence-corrected chi connectivity index (χ0v) is 10.1. The van der Waals surface area contributed by atoms with Crippen LogP contribution in [0, 0.1) is 0 Å². The Morgan fingerprint density at radius 3 is 2.87 bits per heavy atom. The van der Waals surface area contributed by atoms with Crippen LogP contribution >= 0.6 is 11.3 Å². The first-order valence-corrected chi connectivity index (χ1v) is 5.85. The summed E-state index contributed by atoms with van der Waals surface area (Å²) in [6.45, 7) is 4.91. The van der Waals surface area contributed by atoms with Crippen LogP contribution < -0.4 is 10.6 Å². The summed E-state index contributed by atoms with van der Waals surface area (Å²) in [4.78, 5) is 16.7. The Morgan fingerprint density at radius 1 is 1.60 bits per heavy atom. The van der Waals surface area contributed by atoms with Crippen LogP contribution in [0.15, 0.2) is 6.20 Å². The molecule has 0 fully saturated rings. The van der Waals surface area contributed by atoms with Crippen LogP contribution in [0.4, 0.5) is 5.13 Å². The highest BCUT2D eigenvalue weighted by Crippen LogP contribution is 2.24. The van der Waals surface area contributed by atoms with E-state index in [2.05, 4.69) is 29.5 Å². The van der Waals surface area contributed by atoms with Crippen molar-refractivity contribution in [3.63, 3.8) is 0 Å². The number of anilines is 1. The lowest BCUT2D eigenvalue weighted by Gasteiger charge is -2.00. The zero-order valence-electron chi connectivity index (χ0n) is 9.33. The molecule has 0 atom stereocenters. The Kier molecular flexibility index (Phi) is 4.71. The first-order chi connectivity index (χ1) is 7.13. The number of nitrogens with one attached hydrogen (secondary N) is 2. The molecule has 0 radical (unpaired) electrons. The van der Waals surface area contributed by atoms with Gasteiger partial charge in [-0.2, -0.15) is 0 Å². The fraction of sp³-hybridized carbons (Fsp3) is 0.600. The smallest absolute Gasteiger partial charge is 0.227 e. The van der Waals surface area contributed by atoms with Crippen molar-refractivity contribution in [1.29, 1.82) is 0 Å². The molecule has 4 nitrogen and oxygen atoms in total. The molecule has 15 heavy (non-hydrogen) atoms. The average molecular weight is 227 g/mol. The Hall–Kier alpha value is -0.940. The van der Waals surface area contributed by atoms with Crippen molar-refractivity contribution >= 4 is 22.4 Å². The van der Waals surface area contributed by atoms with Crippen LogP contribution in [0.25, 0.3) is 0 Å². The molecule has 0 aliphatic rings. The van der Waals surface area contributed by atoms with E-state index < -0.39 is 0 Å². The molecule has 1 amide bonds. The SMILES string of the molecule is CNCCC(=O)Nc1ncc(C(C)C)s1. The molecule has 0 unspecified atom stereocenters. The lowest BCUT2D eigenvalue weighted by Crippen LogP contribution is -2.18. The van der Waals surface area contributed by atoms with E-state index in [0.717, 1.165) is 0 Å². The highest BCUT2D eigenvalue weighted by atomic mass is 32.1. The molecular formula is C10H17N3OS. The molecule has 1 aromatic rings. The number of thiazole rings is 1. The van der Waals surface area contributed by atoms with E-state index in [9.17, 15) is 4.79 Å². The van der Waals surface area contributed by atoms with Gasteiger partial charge in [-0.15, -0.1) is 11.3 Å². The number of aromatic nitrogens is 1. The van der Waals surface area contributed by atoms with Gasteiger partial charge in [0.05, 0.1) is 0 Å². The molecule has 0 saturated carbocycles. The quantitative estimate of drug-likeness (QED) is 0.806. The predicted molar refractivity (Wildman–Crippen MR) is 63.4 cm³/mol. The lowest BCUT2D eigenvalue weighted by atomic mass is 10.2. The fourth-order valence-electron chi connectivity index (χ4n) is 1.03. The van der Waals surface area contributed by atoms with Gasteiger partial charge in [0.1, 0.15) is 0 Å². The maximum absolute atomic E-state index is 11.4. The summed E-state index contributed by atoms with van der Waals surface area (Å²) >= 11 is 1.54. The molecule has 0 bridgehead atoms. The van der Waals surface area contributed by atoms with Gasteiger partial charge in [0.25, 0.3) is 0 Å². The Balaban J connectivity index is 2.46. The molecule has 84 valence electrons. The van der Waals surface area contributed by atoms with E-state index in [4.69, 9.17) is 0 Å². The van der Waals surface area contributed by atoms with Crippen molar-refractivity contribution in [3.05, 3.63) is 11.1 Å². The van der Waals surface area contributed by atoms with Crippen LogP contribution in [0.3, 0.4) is 0 Å². The van der Waals surface area contributed by atoms with Crippen molar-refractivity contribution in [2.45, 2.75) is 26.2 Å².